The highest BCUT2D eigenvalue weighted by Gasteiger charge is 2.27. The number of carbonyl (C=O) groups excluding carboxylic acids is 1. The minimum atomic E-state index is -0.550. The zero-order valence-electron chi connectivity index (χ0n) is 23.4. The molecule has 0 saturated heterocycles. The number of para-hydroxylation sites is 1. The van der Waals surface area contributed by atoms with Crippen molar-refractivity contribution in [3.63, 3.8) is 0 Å². The van der Waals surface area contributed by atoms with Crippen LogP contribution in [0.2, 0.25) is 0 Å². The third-order valence-corrected chi connectivity index (χ3v) is 7.61. The first-order valence-electron chi connectivity index (χ1n) is 14.4. The molecule has 0 spiro atoms. The van der Waals surface area contributed by atoms with Gasteiger partial charge >= 0.3 is 0 Å². The van der Waals surface area contributed by atoms with Crippen molar-refractivity contribution in [2.45, 2.75) is 89.9 Å². The van der Waals surface area contributed by atoms with Gasteiger partial charge in [-0.3, -0.25) is 4.79 Å². The van der Waals surface area contributed by atoms with Crippen LogP contribution in [0.3, 0.4) is 0 Å². The van der Waals surface area contributed by atoms with Crippen LogP contribution in [0.5, 0.6) is 0 Å². The summed E-state index contributed by atoms with van der Waals surface area (Å²) in [5.41, 5.74) is 3.24. The van der Waals surface area contributed by atoms with E-state index in [2.05, 4.69) is 27.9 Å². The van der Waals surface area contributed by atoms with E-state index in [9.17, 15) is 18.7 Å². The number of hydrogen-bond acceptors (Lipinski definition) is 5. The standard InChI is InChI=1S/C31H41F2N5O2/c1-3-5-10-25(19-39)34-17-22-9-6-7-11-29(22)38-18-30(35-20-38)37-31(40)28(8-4-2)36-24-13-12-21-14-23(32)15-27(33)26(21)16-24/h6-7,9,11,14-15,18,20,24-25,28,34,36,39H,3-5,8,10,12-13,16-17,19H2,1-2H3,(H,37,40)/t24-,25?,28+/m0/s1. The second-order valence-corrected chi connectivity index (χ2v) is 10.7. The maximum absolute atomic E-state index is 14.4. The van der Waals surface area contributed by atoms with Gasteiger partial charge in [0.1, 0.15) is 18.0 Å². The fourth-order valence-electron chi connectivity index (χ4n) is 5.40. The number of rotatable bonds is 14. The summed E-state index contributed by atoms with van der Waals surface area (Å²) < 4.78 is 29.9. The summed E-state index contributed by atoms with van der Waals surface area (Å²) in [6.07, 6.45) is 9.66. The average Bonchev–Trinajstić information content (AvgIpc) is 3.41. The number of unbranched alkanes of at least 4 members (excludes halogenated alkanes) is 1. The highest BCUT2D eigenvalue weighted by molar-refractivity contribution is 5.94. The summed E-state index contributed by atoms with van der Waals surface area (Å²) in [5.74, 6) is -0.811. The van der Waals surface area contributed by atoms with Crippen LogP contribution in [0.4, 0.5) is 14.6 Å². The predicted molar refractivity (Wildman–Crippen MR) is 153 cm³/mol. The molecule has 3 atom stereocenters. The Kier molecular flexibility index (Phi) is 10.8. The number of aryl methyl sites for hydroxylation is 1. The molecule has 216 valence electrons. The van der Waals surface area contributed by atoms with Crippen molar-refractivity contribution in [3.05, 3.63) is 77.2 Å². The molecule has 0 saturated carbocycles. The van der Waals surface area contributed by atoms with E-state index in [0.717, 1.165) is 43.0 Å². The number of aliphatic hydroxyl groups excluding tert-OH is 1. The van der Waals surface area contributed by atoms with Gasteiger partial charge in [0, 0.05) is 24.7 Å². The van der Waals surface area contributed by atoms with Crippen LogP contribution in [0.1, 0.15) is 69.1 Å². The number of anilines is 1. The van der Waals surface area contributed by atoms with Crippen molar-refractivity contribution in [2.75, 3.05) is 11.9 Å². The molecular weight excluding hydrogens is 512 g/mol. The van der Waals surface area contributed by atoms with Gasteiger partial charge in [0.15, 0.2) is 5.82 Å². The Hall–Kier alpha value is -3.14. The van der Waals surface area contributed by atoms with E-state index >= 15 is 0 Å². The van der Waals surface area contributed by atoms with Crippen LogP contribution < -0.4 is 16.0 Å². The SMILES string of the molecule is CCCCC(CO)NCc1ccccc1-n1cnc(NC(=O)[C@@H](CCC)N[C@H]2CCc3cc(F)cc(F)c3C2)c1. The molecule has 1 unspecified atom stereocenters. The van der Waals surface area contributed by atoms with Crippen LogP contribution >= 0.6 is 0 Å². The Balaban J connectivity index is 1.40. The van der Waals surface area contributed by atoms with E-state index in [0.29, 0.717) is 49.2 Å². The van der Waals surface area contributed by atoms with Crippen LogP contribution in [0.25, 0.3) is 5.69 Å². The van der Waals surface area contributed by atoms with Gasteiger partial charge in [-0.1, -0.05) is 51.3 Å². The summed E-state index contributed by atoms with van der Waals surface area (Å²) in [5, 5.41) is 19.5. The van der Waals surface area contributed by atoms with Crippen molar-refractivity contribution >= 4 is 11.7 Å². The Labute approximate surface area is 235 Å². The minimum Gasteiger partial charge on any atom is -0.395 e. The highest BCUT2D eigenvalue weighted by Crippen LogP contribution is 2.26. The lowest BCUT2D eigenvalue weighted by Crippen LogP contribution is -2.48. The Morgan fingerprint density at radius 3 is 2.77 bits per heavy atom. The zero-order chi connectivity index (χ0) is 28.5. The number of aliphatic hydroxyl groups is 1. The molecule has 1 aliphatic rings. The first-order chi connectivity index (χ1) is 19.4. The van der Waals surface area contributed by atoms with Crippen LogP contribution in [-0.4, -0.2) is 45.3 Å². The smallest absolute Gasteiger partial charge is 0.242 e. The number of hydrogen-bond donors (Lipinski definition) is 4. The molecule has 40 heavy (non-hydrogen) atoms. The second-order valence-electron chi connectivity index (χ2n) is 10.7. The normalized spacial score (nSPS) is 16.4. The number of nitrogens with zero attached hydrogens (tertiary/aromatic N) is 2. The number of carbonyl (C=O) groups is 1. The van der Waals surface area contributed by atoms with E-state index in [4.69, 9.17) is 0 Å². The van der Waals surface area contributed by atoms with Gasteiger partial charge in [-0.2, -0.15) is 0 Å². The molecule has 4 rings (SSSR count). The topological polar surface area (TPSA) is 91.2 Å². The summed E-state index contributed by atoms with van der Waals surface area (Å²) >= 11 is 0. The van der Waals surface area contributed by atoms with Crippen LogP contribution in [-0.2, 0) is 24.2 Å². The lowest BCUT2D eigenvalue weighted by atomic mass is 9.87. The number of fused-ring (bicyclic) bond motifs is 1. The molecule has 0 radical (unpaired) electrons. The Bertz CT molecular complexity index is 1260. The number of amides is 1. The second kappa shape index (κ2) is 14.5. The van der Waals surface area contributed by atoms with Gasteiger partial charge < -0.3 is 25.6 Å². The molecule has 3 aromatic rings. The van der Waals surface area contributed by atoms with Gasteiger partial charge in [0.05, 0.1) is 24.5 Å². The van der Waals surface area contributed by atoms with Crippen molar-refractivity contribution < 1.29 is 18.7 Å². The predicted octanol–water partition coefficient (Wildman–Crippen LogP) is 5.05. The Morgan fingerprint density at radius 2 is 2.00 bits per heavy atom. The maximum Gasteiger partial charge on any atom is 0.242 e. The third kappa shape index (κ3) is 7.74. The van der Waals surface area contributed by atoms with Gasteiger partial charge in [0.2, 0.25) is 5.91 Å². The fourth-order valence-corrected chi connectivity index (χ4v) is 5.40. The lowest BCUT2D eigenvalue weighted by Gasteiger charge is -2.29. The summed E-state index contributed by atoms with van der Waals surface area (Å²) in [6, 6.07) is 9.82. The molecule has 1 heterocycles. The molecule has 1 amide bonds. The quantitative estimate of drug-likeness (QED) is 0.224. The van der Waals surface area contributed by atoms with E-state index in [1.54, 1.807) is 12.5 Å². The fraction of sp³-hybridized carbons (Fsp3) is 0.484. The van der Waals surface area contributed by atoms with Gasteiger partial charge in [0.25, 0.3) is 0 Å². The largest absolute Gasteiger partial charge is 0.395 e. The molecule has 7 nitrogen and oxygen atoms in total. The maximum atomic E-state index is 14.4. The van der Waals surface area contributed by atoms with Crippen molar-refractivity contribution in [3.8, 4) is 5.69 Å². The number of benzene rings is 2. The molecule has 0 bridgehead atoms. The number of halogens is 2. The van der Waals surface area contributed by atoms with E-state index < -0.39 is 17.7 Å². The van der Waals surface area contributed by atoms with Crippen molar-refractivity contribution in [1.82, 2.24) is 20.2 Å². The van der Waals surface area contributed by atoms with Crippen molar-refractivity contribution in [1.29, 1.82) is 0 Å². The highest BCUT2D eigenvalue weighted by atomic mass is 19.1. The third-order valence-electron chi connectivity index (χ3n) is 7.61. The lowest BCUT2D eigenvalue weighted by molar-refractivity contribution is -0.118. The van der Waals surface area contributed by atoms with E-state index in [-0.39, 0.29) is 24.6 Å². The molecule has 2 aromatic carbocycles. The van der Waals surface area contributed by atoms with Gasteiger partial charge in [-0.25, -0.2) is 13.8 Å². The van der Waals surface area contributed by atoms with Crippen molar-refractivity contribution in [2.24, 2.45) is 0 Å². The molecule has 0 fully saturated rings. The van der Waals surface area contributed by atoms with E-state index in [1.165, 1.54) is 6.07 Å². The number of aromatic nitrogens is 2. The summed E-state index contributed by atoms with van der Waals surface area (Å²) in [7, 11) is 0. The monoisotopic (exact) mass is 553 g/mol. The number of imidazole rings is 1. The summed E-state index contributed by atoms with van der Waals surface area (Å²) in [6.45, 7) is 4.85. The zero-order valence-corrected chi connectivity index (χ0v) is 23.4. The molecule has 4 N–H and O–H groups in total. The first-order valence-corrected chi connectivity index (χ1v) is 14.4. The molecule has 1 aromatic heterocycles. The molecule has 0 aliphatic heterocycles. The van der Waals surface area contributed by atoms with Crippen LogP contribution in [0.15, 0.2) is 48.9 Å². The van der Waals surface area contributed by atoms with Gasteiger partial charge in [-0.15, -0.1) is 0 Å². The average molecular weight is 554 g/mol. The van der Waals surface area contributed by atoms with E-state index in [1.807, 2.05) is 35.8 Å². The van der Waals surface area contributed by atoms with Crippen LogP contribution in [0, 0.1) is 11.6 Å². The van der Waals surface area contributed by atoms with Gasteiger partial charge in [-0.05, 0) is 60.9 Å². The number of nitrogens with one attached hydrogen (secondary N) is 3. The molecular formula is C31H41F2N5O2. The Morgan fingerprint density at radius 1 is 1.18 bits per heavy atom. The molecule has 1 aliphatic carbocycles. The summed E-state index contributed by atoms with van der Waals surface area (Å²) in [4.78, 5) is 17.7. The minimum absolute atomic E-state index is 0.0453. The molecule has 9 heteroatoms. The first kappa shape index (κ1) is 29.8.